The molecule has 1 aromatic rings. The average molecular weight is 214 g/mol. The van der Waals surface area contributed by atoms with Gasteiger partial charge in [-0.1, -0.05) is 43.0 Å². The first kappa shape index (κ1) is 12.4. The summed E-state index contributed by atoms with van der Waals surface area (Å²) in [5.41, 5.74) is 8.74. The van der Waals surface area contributed by atoms with Crippen LogP contribution in [0.15, 0.2) is 59.6 Å². The Kier molecular flexibility index (Phi) is 5.23. The van der Waals surface area contributed by atoms with Gasteiger partial charge in [-0.3, -0.25) is 4.99 Å². The van der Waals surface area contributed by atoms with Crippen molar-refractivity contribution in [1.29, 1.82) is 0 Å². The molecule has 0 saturated carbocycles. The van der Waals surface area contributed by atoms with E-state index in [1.807, 2.05) is 25.1 Å². The normalized spacial score (nSPS) is 12.6. The maximum Gasteiger partial charge on any atom is 0.0866 e. The number of rotatable bonds is 5. The molecule has 1 rings (SSSR count). The minimum atomic E-state index is 0.299. The Hall–Kier alpha value is -1.67. The van der Waals surface area contributed by atoms with E-state index >= 15 is 0 Å². The molecule has 1 aromatic carbocycles. The highest BCUT2D eigenvalue weighted by atomic mass is 14.9. The van der Waals surface area contributed by atoms with Crippen LogP contribution in [0.1, 0.15) is 12.5 Å². The van der Waals surface area contributed by atoms with Gasteiger partial charge in [0.25, 0.3) is 0 Å². The van der Waals surface area contributed by atoms with E-state index in [2.05, 4.69) is 29.8 Å². The van der Waals surface area contributed by atoms with Crippen LogP contribution >= 0.6 is 0 Å². The van der Waals surface area contributed by atoms with Crippen molar-refractivity contribution >= 4 is 5.71 Å². The van der Waals surface area contributed by atoms with Gasteiger partial charge in [-0.05, 0) is 30.6 Å². The van der Waals surface area contributed by atoms with Gasteiger partial charge in [0.1, 0.15) is 0 Å². The van der Waals surface area contributed by atoms with Crippen LogP contribution in [0.25, 0.3) is 0 Å². The highest BCUT2D eigenvalue weighted by molar-refractivity contribution is 6.08. The van der Waals surface area contributed by atoms with Crippen molar-refractivity contribution in [2.75, 3.05) is 6.67 Å². The fraction of sp³-hybridized carbons (Fsp3) is 0.214. The summed E-state index contributed by atoms with van der Waals surface area (Å²) >= 11 is 0. The molecule has 0 unspecified atom stereocenters. The van der Waals surface area contributed by atoms with E-state index in [9.17, 15) is 0 Å². The first-order valence-corrected chi connectivity index (χ1v) is 5.38. The summed E-state index contributed by atoms with van der Waals surface area (Å²) in [6.45, 7) is 6.07. The summed E-state index contributed by atoms with van der Waals surface area (Å²) in [7, 11) is 0. The lowest BCUT2D eigenvalue weighted by Gasteiger charge is -2.07. The van der Waals surface area contributed by atoms with E-state index in [4.69, 9.17) is 5.73 Å². The second kappa shape index (κ2) is 6.75. The Morgan fingerprint density at radius 3 is 2.56 bits per heavy atom. The van der Waals surface area contributed by atoms with Gasteiger partial charge >= 0.3 is 0 Å². The van der Waals surface area contributed by atoms with Crippen molar-refractivity contribution in [2.24, 2.45) is 10.7 Å². The number of allylic oxidation sites excluding steroid dienone is 3. The summed E-state index contributed by atoms with van der Waals surface area (Å²) in [5, 5.41) is 0. The number of hydrogen-bond donors (Lipinski definition) is 1. The lowest BCUT2D eigenvalue weighted by molar-refractivity contribution is 1.06. The van der Waals surface area contributed by atoms with Gasteiger partial charge in [0, 0.05) is 0 Å². The predicted octanol–water partition coefficient (Wildman–Crippen LogP) is 2.72. The highest BCUT2D eigenvalue weighted by Gasteiger charge is 2.03. The lowest BCUT2D eigenvalue weighted by Crippen LogP contribution is -2.06. The van der Waals surface area contributed by atoms with Crippen molar-refractivity contribution in [3.63, 3.8) is 0 Å². The largest absolute Gasteiger partial charge is 0.312 e. The van der Waals surface area contributed by atoms with Gasteiger partial charge < -0.3 is 5.73 Å². The van der Waals surface area contributed by atoms with E-state index in [0.717, 1.165) is 17.7 Å². The minimum Gasteiger partial charge on any atom is -0.312 e. The first-order chi connectivity index (χ1) is 7.81. The molecule has 0 amide bonds. The Morgan fingerprint density at radius 2 is 2.06 bits per heavy atom. The zero-order valence-electron chi connectivity index (χ0n) is 9.69. The van der Waals surface area contributed by atoms with Crippen molar-refractivity contribution < 1.29 is 0 Å². The van der Waals surface area contributed by atoms with Crippen LogP contribution in [0.5, 0.6) is 0 Å². The summed E-state index contributed by atoms with van der Waals surface area (Å²) in [6, 6.07) is 10.3. The Morgan fingerprint density at radius 1 is 1.38 bits per heavy atom. The molecule has 0 atom stereocenters. The van der Waals surface area contributed by atoms with Crippen molar-refractivity contribution in [2.45, 2.75) is 13.3 Å². The number of benzene rings is 1. The third kappa shape index (κ3) is 3.48. The van der Waals surface area contributed by atoms with Crippen molar-refractivity contribution in [1.82, 2.24) is 0 Å². The lowest BCUT2D eigenvalue weighted by atomic mass is 10.0. The molecule has 0 radical (unpaired) electrons. The van der Waals surface area contributed by atoms with Gasteiger partial charge in [0.15, 0.2) is 0 Å². The Bertz CT molecular complexity index is 388. The molecule has 0 aliphatic rings. The molecular weight excluding hydrogens is 196 g/mol. The van der Waals surface area contributed by atoms with Gasteiger partial charge in [0.2, 0.25) is 0 Å². The monoisotopic (exact) mass is 214 g/mol. The van der Waals surface area contributed by atoms with Crippen LogP contribution < -0.4 is 5.73 Å². The maximum absolute atomic E-state index is 5.43. The molecular formula is C14H18N2. The molecule has 0 saturated heterocycles. The Labute approximate surface area is 97.2 Å². The van der Waals surface area contributed by atoms with Crippen molar-refractivity contribution in [3.05, 3.63) is 60.2 Å². The molecule has 0 spiro atoms. The van der Waals surface area contributed by atoms with Gasteiger partial charge in [-0.2, -0.15) is 0 Å². The summed E-state index contributed by atoms with van der Waals surface area (Å²) in [4.78, 5) is 4.22. The quantitative estimate of drug-likeness (QED) is 0.752. The van der Waals surface area contributed by atoms with E-state index in [1.165, 1.54) is 5.56 Å². The Balaban J connectivity index is 2.85. The molecule has 0 aromatic heterocycles. The summed E-state index contributed by atoms with van der Waals surface area (Å²) in [6.07, 6.45) is 4.68. The van der Waals surface area contributed by atoms with Crippen molar-refractivity contribution in [3.8, 4) is 0 Å². The molecule has 2 N–H and O–H groups in total. The number of nitrogens with zero attached hydrogens (tertiary/aromatic N) is 1. The first-order valence-electron chi connectivity index (χ1n) is 5.38. The predicted molar refractivity (Wildman–Crippen MR) is 70.6 cm³/mol. The maximum atomic E-state index is 5.43. The number of nitrogens with two attached hydrogens (primary N) is 1. The summed E-state index contributed by atoms with van der Waals surface area (Å²) in [5.74, 6) is 0. The van der Waals surface area contributed by atoms with Crippen LogP contribution in [0.3, 0.4) is 0 Å². The van der Waals surface area contributed by atoms with E-state index < -0.39 is 0 Å². The van der Waals surface area contributed by atoms with Gasteiger partial charge in [0.05, 0.1) is 12.4 Å². The summed E-state index contributed by atoms with van der Waals surface area (Å²) < 4.78 is 0. The van der Waals surface area contributed by atoms with Gasteiger partial charge in [-0.15, -0.1) is 0 Å². The molecule has 0 heterocycles. The third-order valence-corrected chi connectivity index (χ3v) is 2.37. The minimum absolute atomic E-state index is 0.299. The topological polar surface area (TPSA) is 38.4 Å². The molecule has 2 nitrogen and oxygen atoms in total. The molecule has 84 valence electrons. The van der Waals surface area contributed by atoms with E-state index in [0.29, 0.717) is 6.67 Å². The fourth-order valence-corrected chi connectivity index (χ4v) is 1.55. The van der Waals surface area contributed by atoms with Gasteiger partial charge in [-0.25, -0.2) is 0 Å². The van der Waals surface area contributed by atoms with E-state index in [1.54, 1.807) is 6.08 Å². The zero-order valence-corrected chi connectivity index (χ0v) is 9.69. The standard InChI is InChI=1S/C14H18N2/c1-3-13(14(4-2)16-11-15)10-12-8-6-5-7-9-12/h3-9H,2,10-11,15H2,1H3/b13-3-,16-14?. The smallest absolute Gasteiger partial charge is 0.0866 e. The second-order valence-electron chi connectivity index (χ2n) is 3.41. The SMILES string of the molecule is C=CC(=NCN)/C(=C\C)Cc1ccccc1. The molecule has 0 bridgehead atoms. The molecule has 16 heavy (non-hydrogen) atoms. The molecule has 0 fully saturated rings. The zero-order chi connectivity index (χ0) is 11.8. The third-order valence-electron chi connectivity index (χ3n) is 2.37. The van der Waals surface area contributed by atoms with Crippen LogP contribution in [0.4, 0.5) is 0 Å². The highest BCUT2D eigenvalue weighted by Crippen LogP contribution is 2.10. The van der Waals surface area contributed by atoms with Crippen LogP contribution in [0.2, 0.25) is 0 Å². The average Bonchev–Trinajstić information content (AvgIpc) is 2.35. The molecule has 0 aliphatic heterocycles. The number of hydrogen-bond acceptors (Lipinski definition) is 2. The van der Waals surface area contributed by atoms with E-state index in [-0.39, 0.29) is 0 Å². The fourth-order valence-electron chi connectivity index (χ4n) is 1.55. The number of aliphatic imine (C=N–C) groups is 1. The molecule has 2 heteroatoms. The van der Waals surface area contributed by atoms with Crippen LogP contribution in [-0.4, -0.2) is 12.4 Å². The molecule has 0 aliphatic carbocycles. The van der Waals surface area contributed by atoms with Crippen LogP contribution in [0, 0.1) is 0 Å². The second-order valence-corrected chi connectivity index (χ2v) is 3.41. The van der Waals surface area contributed by atoms with Crippen LogP contribution in [-0.2, 0) is 6.42 Å².